The van der Waals surface area contributed by atoms with E-state index in [0.29, 0.717) is 5.56 Å². The van der Waals surface area contributed by atoms with E-state index in [1.807, 2.05) is 32.9 Å². The van der Waals surface area contributed by atoms with Gasteiger partial charge in [0, 0.05) is 23.3 Å². The van der Waals surface area contributed by atoms with E-state index in [2.05, 4.69) is 10.5 Å². The van der Waals surface area contributed by atoms with Gasteiger partial charge < -0.3 is 0 Å². The highest BCUT2D eigenvalue weighted by Crippen LogP contribution is 2.14. The van der Waals surface area contributed by atoms with E-state index in [1.54, 1.807) is 6.21 Å². The molecule has 0 atom stereocenters. The Morgan fingerprint density at radius 2 is 1.70 bits per heavy atom. The van der Waals surface area contributed by atoms with Crippen LogP contribution >= 0.6 is 0 Å². The summed E-state index contributed by atoms with van der Waals surface area (Å²) in [4.78, 5) is 22.0. The molecule has 118 valence electrons. The number of benzene rings is 2. The SMILES string of the molecule is Cc1cc(C)c(C=NNC(=O)c2ccc([N+](=O)[O-])cc2)c(C)c1. The van der Waals surface area contributed by atoms with Crippen LogP contribution in [-0.2, 0) is 0 Å². The third-order valence-corrected chi connectivity index (χ3v) is 3.44. The highest BCUT2D eigenvalue weighted by molar-refractivity contribution is 5.95. The molecule has 2 rings (SSSR count). The Balaban J connectivity index is 2.08. The maximum absolute atomic E-state index is 11.9. The Kier molecular flexibility index (Phi) is 4.85. The molecule has 0 aliphatic carbocycles. The summed E-state index contributed by atoms with van der Waals surface area (Å²) in [6.07, 6.45) is 1.60. The Morgan fingerprint density at radius 3 is 2.22 bits per heavy atom. The van der Waals surface area contributed by atoms with Gasteiger partial charge in [-0.2, -0.15) is 5.10 Å². The number of nitrogens with one attached hydrogen (secondary N) is 1. The fourth-order valence-electron chi connectivity index (χ4n) is 2.35. The summed E-state index contributed by atoms with van der Waals surface area (Å²) in [6, 6.07) is 9.45. The van der Waals surface area contributed by atoms with Crippen molar-refractivity contribution in [2.75, 3.05) is 0 Å². The molecule has 0 unspecified atom stereocenters. The summed E-state index contributed by atoms with van der Waals surface area (Å²) in [5.41, 5.74) is 6.97. The summed E-state index contributed by atoms with van der Waals surface area (Å²) in [6.45, 7) is 6.00. The van der Waals surface area contributed by atoms with E-state index >= 15 is 0 Å². The van der Waals surface area contributed by atoms with Gasteiger partial charge in [0.15, 0.2) is 0 Å². The second-order valence-corrected chi connectivity index (χ2v) is 5.32. The van der Waals surface area contributed by atoms with Crippen molar-refractivity contribution in [3.63, 3.8) is 0 Å². The minimum atomic E-state index is -0.511. The van der Waals surface area contributed by atoms with Crippen molar-refractivity contribution in [3.05, 3.63) is 74.3 Å². The lowest BCUT2D eigenvalue weighted by Gasteiger charge is -2.06. The molecule has 2 aromatic carbocycles. The van der Waals surface area contributed by atoms with Gasteiger partial charge in [0.25, 0.3) is 11.6 Å². The zero-order valence-corrected chi connectivity index (χ0v) is 13.2. The number of nitro benzene ring substituents is 1. The topological polar surface area (TPSA) is 84.6 Å². The Labute approximate surface area is 134 Å². The average molecular weight is 311 g/mol. The smallest absolute Gasteiger partial charge is 0.267 e. The number of hydrogen-bond acceptors (Lipinski definition) is 4. The van der Waals surface area contributed by atoms with Gasteiger partial charge in [-0.1, -0.05) is 17.7 Å². The van der Waals surface area contributed by atoms with Crippen LogP contribution in [0.3, 0.4) is 0 Å². The van der Waals surface area contributed by atoms with Crippen LogP contribution in [-0.4, -0.2) is 17.0 Å². The zero-order chi connectivity index (χ0) is 17.0. The van der Waals surface area contributed by atoms with E-state index in [1.165, 1.54) is 29.8 Å². The summed E-state index contributed by atoms with van der Waals surface area (Å²) >= 11 is 0. The Bertz CT molecular complexity index is 757. The number of rotatable bonds is 4. The molecule has 0 saturated carbocycles. The number of non-ortho nitro benzene ring substituents is 1. The summed E-state index contributed by atoms with van der Waals surface area (Å²) in [5.74, 6) is -0.418. The number of nitro groups is 1. The van der Waals surface area contributed by atoms with Crippen molar-refractivity contribution in [1.29, 1.82) is 0 Å². The van der Waals surface area contributed by atoms with Gasteiger partial charge in [-0.05, 0) is 44.0 Å². The summed E-state index contributed by atoms with van der Waals surface area (Å²) < 4.78 is 0. The lowest BCUT2D eigenvalue weighted by molar-refractivity contribution is -0.384. The molecule has 1 N–H and O–H groups in total. The number of aryl methyl sites for hydroxylation is 3. The third kappa shape index (κ3) is 4.00. The molecule has 0 heterocycles. The molecule has 23 heavy (non-hydrogen) atoms. The van der Waals surface area contributed by atoms with Crippen molar-refractivity contribution in [1.82, 2.24) is 5.43 Å². The normalized spacial score (nSPS) is 10.7. The van der Waals surface area contributed by atoms with E-state index in [-0.39, 0.29) is 5.69 Å². The van der Waals surface area contributed by atoms with Gasteiger partial charge in [0.2, 0.25) is 0 Å². The molecule has 0 aliphatic rings. The van der Waals surface area contributed by atoms with Crippen molar-refractivity contribution in [3.8, 4) is 0 Å². The molecule has 0 spiro atoms. The first-order valence-electron chi connectivity index (χ1n) is 7.04. The molecular weight excluding hydrogens is 294 g/mol. The number of amides is 1. The zero-order valence-electron chi connectivity index (χ0n) is 13.2. The van der Waals surface area contributed by atoms with Crippen LogP contribution in [0.5, 0.6) is 0 Å². The van der Waals surface area contributed by atoms with Gasteiger partial charge in [-0.3, -0.25) is 14.9 Å². The van der Waals surface area contributed by atoms with E-state index in [0.717, 1.165) is 16.7 Å². The largest absolute Gasteiger partial charge is 0.271 e. The summed E-state index contributed by atoms with van der Waals surface area (Å²) in [7, 11) is 0. The lowest BCUT2D eigenvalue weighted by Crippen LogP contribution is -2.17. The third-order valence-electron chi connectivity index (χ3n) is 3.44. The molecule has 6 nitrogen and oxygen atoms in total. The Hall–Kier alpha value is -3.02. The highest BCUT2D eigenvalue weighted by Gasteiger charge is 2.08. The lowest BCUT2D eigenvalue weighted by atomic mass is 10.0. The molecule has 0 saturated heterocycles. The van der Waals surface area contributed by atoms with Crippen LogP contribution in [0.2, 0.25) is 0 Å². The van der Waals surface area contributed by atoms with Gasteiger partial charge in [0.05, 0.1) is 11.1 Å². The molecule has 0 bridgehead atoms. The molecule has 0 fully saturated rings. The quantitative estimate of drug-likeness (QED) is 0.534. The number of hydrazone groups is 1. The second-order valence-electron chi connectivity index (χ2n) is 5.32. The van der Waals surface area contributed by atoms with Crippen molar-refractivity contribution in [2.45, 2.75) is 20.8 Å². The van der Waals surface area contributed by atoms with Gasteiger partial charge in [-0.15, -0.1) is 0 Å². The number of hydrogen-bond donors (Lipinski definition) is 1. The van der Waals surface area contributed by atoms with Gasteiger partial charge in [-0.25, -0.2) is 5.43 Å². The van der Waals surface area contributed by atoms with E-state index in [9.17, 15) is 14.9 Å². The molecule has 6 heteroatoms. The molecule has 0 aromatic heterocycles. The number of carbonyl (C=O) groups is 1. The molecule has 0 radical (unpaired) electrons. The minimum absolute atomic E-state index is 0.0593. The first-order chi connectivity index (χ1) is 10.9. The summed E-state index contributed by atoms with van der Waals surface area (Å²) in [5, 5.41) is 14.5. The second kappa shape index (κ2) is 6.83. The van der Waals surface area contributed by atoms with Crippen molar-refractivity contribution < 1.29 is 9.72 Å². The van der Waals surface area contributed by atoms with Crippen molar-refractivity contribution >= 4 is 17.8 Å². The maximum atomic E-state index is 11.9. The van der Waals surface area contributed by atoms with Crippen molar-refractivity contribution in [2.24, 2.45) is 5.10 Å². The van der Waals surface area contributed by atoms with Crippen LogP contribution in [0.1, 0.15) is 32.6 Å². The molecule has 0 aliphatic heterocycles. The predicted molar refractivity (Wildman–Crippen MR) is 88.8 cm³/mol. The maximum Gasteiger partial charge on any atom is 0.271 e. The van der Waals surface area contributed by atoms with E-state index in [4.69, 9.17) is 0 Å². The molecular formula is C17H17N3O3. The van der Waals surface area contributed by atoms with Gasteiger partial charge in [0.1, 0.15) is 0 Å². The monoisotopic (exact) mass is 311 g/mol. The molecule has 1 amide bonds. The highest BCUT2D eigenvalue weighted by atomic mass is 16.6. The fraction of sp³-hybridized carbons (Fsp3) is 0.176. The van der Waals surface area contributed by atoms with Crippen LogP contribution in [0.4, 0.5) is 5.69 Å². The number of nitrogens with zero attached hydrogens (tertiary/aromatic N) is 2. The Morgan fingerprint density at radius 1 is 1.13 bits per heavy atom. The first kappa shape index (κ1) is 16.4. The fourth-order valence-corrected chi connectivity index (χ4v) is 2.35. The van der Waals surface area contributed by atoms with Crippen LogP contribution in [0, 0.1) is 30.9 Å². The van der Waals surface area contributed by atoms with Crippen LogP contribution < -0.4 is 5.43 Å². The average Bonchev–Trinajstić information content (AvgIpc) is 2.49. The molecule has 2 aromatic rings. The van der Waals surface area contributed by atoms with Gasteiger partial charge >= 0.3 is 0 Å². The van der Waals surface area contributed by atoms with Crippen LogP contribution in [0.25, 0.3) is 0 Å². The first-order valence-corrected chi connectivity index (χ1v) is 7.04. The standard InChI is InChI=1S/C17H17N3O3/c1-11-8-12(2)16(13(3)9-11)10-18-19-17(21)14-4-6-15(7-5-14)20(22)23/h4-10H,1-3H3,(H,19,21). The van der Waals surface area contributed by atoms with E-state index < -0.39 is 10.8 Å². The number of carbonyl (C=O) groups excluding carboxylic acids is 1. The minimum Gasteiger partial charge on any atom is -0.267 e. The predicted octanol–water partition coefficient (Wildman–Crippen LogP) is 3.28. The van der Waals surface area contributed by atoms with Crippen LogP contribution in [0.15, 0.2) is 41.5 Å².